The molecule has 4 rings (SSSR count). The summed E-state index contributed by atoms with van der Waals surface area (Å²) in [5, 5.41) is 2.80. The lowest BCUT2D eigenvalue weighted by atomic mass is 10.0. The molecule has 34 heavy (non-hydrogen) atoms. The number of nitrogens with two attached hydrogens (primary N) is 1. The molecule has 0 bridgehead atoms. The SMILES string of the molecule is Cl.Cl.N[C@H](CC(=O)N1CCC[C@@H]1c1cccc(F)c1)c1ccc(C(=O)Nc2ccncc2)cc1. The van der Waals surface area contributed by atoms with Gasteiger partial charge in [-0.15, -0.1) is 24.8 Å². The van der Waals surface area contributed by atoms with E-state index in [2.05, 4.69) is 10.3 Å². The van der Waals surface area contributed by atoms with Crippen molar-refractivity contribution in [3.8, 4) is 0 Å². The molecule has 2 heterocycles. The molecule has 0 unspecified atom stereocenters. The zero-order chi connectivity index (χ0) is 22.5. The second-order valence-corrected chi connectivity index (χ2v) is 7.92. The number of halogens is 3. The summed E-state index contributed by atoms with van der Waals surface area (Å²) in [4.78, 5) is 31.1. The lowest BCUT2D eigenvalue weighted by Crippen LogP contribution is -2.33. The Hall–Kier alpha value is -3.00. The molecule has 0 saturated carbocycles. The van der Waals surface area contributed by atoms with E-state index in [1.165, 1.54) is 12.1 Å². The molecular weight excluding hydrogens is 478 g/mol. The van der Waals surface area contributed by atoms with Crippen LogP contribution < -0.4 is 11.1 Å². The van der Waals surface area contributed by atoms with E-state index in [-0.39, 0.29) is 54.9 Å². The molecule has 1 aliphatic rings. The topological polar surface area (TPSA) is 88.3 Å². The van der Waals surface area contributed by atoms with Crippen LogP contribution in [0, 0.1) is 5.82 Å². The van der Waals surface area contributed by atoms with Crippen LogP contribution in [0.1, 0.15) is 52.8 Å². The van der Waals surface area contributed by atoms with Gasteiger partial charge in [-0.3, -0.25) is 14.6 Å². The largest absolute Gasteiger partial charge is 0.336 e. The zero-order valence-corrected chi connectivity index (χ0v) is 20.0. The number of carbonyl (C=O) groups is 2. The fourth-order valence-electron chi connectivity index (χ4n) is 4.07. The lowest BCUT2D eigenvalue weighted by molar-refractivity contribution is -0.132. The Kier molecular flexibility index (Phi) is 9.98. The Bertz CT molecular complexity index is 1100. The Morgan fingerprint density at radius 3 is 2.47 bits per heavy atom. The molecule has 1 fully saturated rings. The second kappa shape index (κ2) is 12.5. The molecule has 1 aromatic heterocycles. The summed E-state index contributed by atoms with van der Waals surface area (Å²) in [6.45, 7) is 0.640. The van der Waals surface area contributed by atoms with Crippen molar-refractivity contribution in [2.75, 3.05) is 11.9 Å². The molecule has 9 heteroatoms. The number of anilines is 1. The van der Waals surface area contributed by atoms with Crippen molar-refractivity contribution in [3.05, 3.63) is 95.6 Å². The van der Waals surface area contributed by atoms with E-state index in [1.54, 1.807) is 59.8 Å². The van der Waals surface area contributed by atoms with Gasteiger partial charge < -0.3 is 16.0 Å². The minimum atomic E-state index is -0.492. The van der Waals surface area contributed by atoms with Gasteiger partial charge in [0.2, 0.25) is 5.91 Å². The molecule has 180 valence electrons. The molecule has 3 N–H and O–H groups in total. The van der Waals surface area contributed by atoms with E-state index in [4.69, 9.17) is 5.73 Å². The highest BCUT2D eigenvalue weighted by Crippen LogP contribution is 2.33. The van der Waals surface area contributed by atoms with Gasteiger partial charge in [-0.05, 0) is 60.4 Å². The lowest BCUT2D eigenvalue weighted by Gasteiger charge is -2.26. The van der Waals surface area contributed by atoms with E-state index in [9.17, 15) is 14.0 Å². The van der Waals surface area contributed by atoms with Gasteiger partial charge in [0, 0.05) is 42.7 Å². The number of nitrogens with one attached hydrogen (secondary N) is 1. The van der Waals surface area contributed by atoms with Gasteiger partial charge in [0.1, 0.15) is 5.82 Å². The number of pyridine rings is 1. The van der Waals surface area contributed by atoms with E-state index in [1.807, 2.05) is 6.07 Å². The first kappa shape index (κ1) is 27.2. The van der Waals surface area contributed by atoms with Gasteiger partial charge in [0.05, 0.1) is 6.04 Å². The number of carbonyl (C=O) groups excluding carboxylic acids is 2. The van der Waals surface area contributed by atoms with Crippen LogP contribution >= 0.6 is 24.8 Å². The first-order chi connectivity index (χ1) is 15.5. The van der Waals surface area contributed by atoms with Crippen molar-refractivity contribution in [1.82, 2.24) is 9.88 Å². The molecule has 6 nitrogen and oxygen atoms in total. The highest BCUT2D eigenvalue weighted by atomic mass is 35.5. The summed E-state index contributed by atoms with van der Waals surface area (Å²) in [6.07, 6.45) is 5.05. The number of nitrogens with zero attached hydrogens (tertiary/aromatic N) is 2. The van der Waals surface area contributed by atoms with Gasteiger partial charge >= 0.3 is 0 Å². The van der Waals surface area contributed by atoms with Crippen LogP contribution in [0.25, 0.3) is 0 Å². The standard InChI is InChI=1S/C25H25FN4O2.2ClH/c26-20-4-1-3-19(15-20)23-5-2-14-30(23)24(31)16-22(27)17-6-8-18(9-7-17)25(32)29-21-10-12-28-13-11-21;;/h1,3-4,6-13,15,22-23H,2,5,14,16,27H2,(H,28,29,32);2*1H/t22-,23-;;/m1../s1. The number of benzene rings is 2. The maximum Gasteiger partial charge on any atom is 0.255 e. The minimum Gasteiger partial charge on any atom is -0.336 e. The monoisotopic (exact) mass is 504 g/mol. The summed E-state index contributed by atoms with van der Waals surface area (Å²) in [6, 6.07) is 16.2. The van der Waals surface area contributed by atoms with Gasteiger partial charge in [-0.1, -0.05) is 24.3 Å². The molecule has 2 aromatic carbocycles. The second-order valence-electron chi connectivity index (χ2n) is 7.92. The van der Waals surface area contributed by atoms with Crippen molar-refractivity contribution in [3.63, 3.8) is 0 Å². The predicted molar refractivity (Wildman–Crippen MR) is 135 cm³/mol. The van der Waals surface area contributed by atoms with Crippen LogP contribution in [0.3, 0.4) is 0 Å². The van der Waals surface area contributed by atoms with Gasteiger partial charge in [-0.25, -0.2) is 4.39 Å². The molecular formula is C25H27Cl2FN4O2. The summed E-state index contributed by atoms with van der Waals surface area (Å²) in [5.41, 5.74) is 9.06. The maximum atomic E-state index is 13.6. The molecule has 1 aliphatic heterocycles. The van der Waals surface area contributed by atoms with Crippen molar-refractivity contribution < 1.29 is 14.0 Å². The van der Waals surface area contributed by atoms with E-state index in [0.717, 1.165) is 24.0 Å². The van der Waals surface area contributed by atoms with Crippen LogP contribution in [-0.2, 0) is 4.79 Å². The molecule has 0 aliphatic carbocycles. The summed E-state index contributed by atoms with van der Waals surface area (Å²) >= 11 is 0. The van der Waals surface area contributed by atoms with Crippen molar-refractivity contribution >= 4 is 42.3 Å². The predicted octanol–water partition coefficient (Wildman–Crippen LogP) is 5.07. The third-order valence-electron chi connectivity index (χ3n) is 5.74. The van der Waals surface area contributed by atoms with Gasteiger partial charge in [0.25, 0.3) is 5.91 Å². The van der Waals surface area contributed by atoms with Crippen LogP contribution in [0.4, 0.5) is 10.1 Å². The average molecular weight is 505 g/mol. The third kappa shape index (κ3) is 6.53. The molecule has 2 atom stereocenters. The zero-order valence-electron chi connectivity index (χ0n) is 18.4. The normalized spacial score (nSPS) is 15.6. The van der Waals surface area contributed by atoms with Crippen molar-refractivity contribution in [2.24, 2.45) is 5.73 Å². The number of amides is 2. The van der Waals surface area contributed by atoms with Crippen molar-refractivity contribution in [1.29, 1.82) is 0 Å². The third-order valence-corrected chi connectivity index (χ3v) is 5.74. The Morgan fingerprint density at radius 1 is 1.09 bits per heavy atom. The first-order valence-corrected chi connectivity index (χ1v) is 10.6. The smallest absolute Gasteiger partial charge is 0.255 e. The van der Waals surface area contributed by atoms with Gasteiger partial charge in [0.15, 0.2) is 0 Å². The highest BCUT2D eigenvalue weighted by Gasteiger charge is 2.31. The van der Waals surface area contributed by atoms with Crippen LogP contribution in [0.5, 0.6) is 0 Å². The fraction of sp³-hybridized carbons (Fsp3) is 0.240. The number of hydrogen-bond acceptors (Lipinski definition) is 4. The Morgan fingerprint density at radius 2 is 1.79 bits per heavy atom. The molecule has 3 aromatic rings. The van der Waals surface area contributed by atoms with E-state index < -0.39 is 6.04 Å². The number of hydrogen-bond donors (Lipinski definition) is 2. The quantitative estimate of drug-likeness (QED) is 0.490. The Labute approximate surface area is 210 Å². The van der Waals surface area contributed by atoms with Crippen LogP contribution in [-0.4, -0.2) is 28.2 Å². The molecule has 0 radical (unpaired) electrons. The first-order valence-electron chi connectivity index (χ1n) is 10.6. The Balaban J connectivity index is 0.00000204. The van der Waals surface area contributed by atoms with E-state index in [0.29, 0.717) is 17.8 Å². The average Bonchev–Trinajstić information content (AvgIpc) is 3.30. The van der Waals surface area contributed by atoms with Crippen LogP contribution in [0.15, 0.2) is 73.1 Å². The summed E-state index contributed by atoms with van der Waals surface area (Å²) in [7, 11) is 0. The molecule has 1 saturated heterocycles. The minimum absolute atomic E-state index is 0. The number of likely N-dealkylation sites (tertiary alicyclic amines) is 1. The highest BCUT2D eigenvalue weighted by molar-refractivity contribution is 6.04. The van der Waals surface area contributed by atoms with E-state index >= 15 is 0 Å². The maximum absolute atomic E-state index is 13.6. The molecule has 0 spiro atoms. The van der Waals surface area contributed by atoms with Crippen molar-refractivity contribution in [2.45, 2.75) is 31.3 Å². The molecule has 2 amide bonds. The fourth-order valence-corrected chi connectivity index (χ4v) is 4.07. The summed E-state index contributed by atoms with van der Waals surface area (Å²) < 4.78 is 13.6. The van der Waals surface area contributed by atoms with Gasteiger partial charge in [-0.2, -0.15) is 0 Å². The van der Waals surface area contributed by atoms with Crippen LogP contribution in [0.2, 0.25) is 0 Å². The number of rotatable bonds is 6. The number of aromatic nitrogens is 1. The summed E-state index contributed by atoms with van der Waals surface area (Å²) in [5.74, 6) is -0.585.